The number of aryl methyl sites for hydroxylation is 1. The first-order valence-corrected chi connectivity index (χ1v) is 9.09. The number of hydrogen-bond acceptors (Lipinski definition) is 4. The summed E-state index contributed by atoms with van der Waals surface area (Å²) >= 11 is 0. The van der Waals surface area contributed by atoms with Crippen molar-refractivity contribution < 1.29 is 4.79 Å². The molecule has 0 atom stereocenters. The van der Waals surface area contributed by atoms with Crippen LogP contribution < -0.4 is 10.6 Å². The Morgan fingerprint density at radius 2 is 1.79 bits per heavy atom. The number of anilines is 2. The molecule has 0 saturated heterocycles. The molecule has 0 spiro atoms. The van der Waals surface area contributed by atoms with Crippen molar-refractivity contribution in [3.63, 3.8) is 0 Å². The van der Waals surface area contributed by atoms with Crippen LogP contribution in [-0.4, -0.2) is 15.9 Å². The molecule has 0 radical (unpaired) electrons. The highest BCUT2D eigenvalue weighted by Gasteiger charge is 2.06. The normalized spacial score (nSPS) is 10.6. The second-order valence-corrected chi connectivity index (χ2v) is 6.59. The molecule has 0 aliphatic heterocycles. The second kappa shape index (κ2) is 7.88. The molecule has 2 N–H and O–H groups in total. The molecule has 0 unspecified atom stereocenters. The number of carbonyl (C=O) groups excluding carboxylic acids is 1. The molecule has 138 valence electrons. The first kappa shape index (κ1) is 17.7. The van der Waals surface area contributed by atoms with Gasteiger partial charge in [-0.3, -0.25) is 9.78 Å². The molecule has 5 heteroatoms. The first-order chi connectivity index (χ1) is 13.7. The van der Waals surface area contributed by atoms with E-state index in [1.54, 1.807) is 24.5 Å². The molecule has 0 bridgehead atoms. The van der Waals surface area contributed by atoms with Crippen LogP contribution in [0.5, 0.6) is 0 Å². The predicted octanol–water partition coefficient (Wildman–Crippen LogP) is 4.80. The Labute approximate surface area is 163 Å². The summed E-state index contributed by atoms with van der Waals surface area (Å²) in [5.74, 6) is 0.682. The molecule has 2 heterocycles. The lowest BCUT2D eigenvalue weighted by Gasteiger charge is -2.11. The zero-order valence-electron chi connectivity index (χ0n) is 15.5. The van der Waals surface area contributed by atoms with Crippen LogP contribution in [0.2, 0.25) is 0 Å². The Morgan fingerprint density at radius 1 is 0.964 bits per heavy atom. The van der Waals surface area contributed by atoms with Crippen molar-refractivity contribution in [2.24, 2.45) is 0 Å². The molecule has 4 aromatic rings. The Morgan fingerprint density at radius 3 is 2.64 bits per heavy atom. The van der Waals surface area contributed by atoms with E-state index in [9.17, 15) is 4.79 Å². The SMILES string of the molecule is Cc1cc(NCc2cccc(NC(=O)c3ccncc3)c2)nc2ccccc12. The van der Waals surface area contributed by atoms with Crippen molar-refractivity contribution in [3.05, 3.63) is 95.8 Å². The number of hydrogen-bond donors (Lipinski definition) is 2. The van der Waals surface area contributed by atoms with E-state index in [4.69, 9.17) is 0 Å². The summed E-state index contributed by atoms with van der Waals surface area (Å²) < 4.78 is 0. The predicted molar refractivity (Wildman–Crippen MR) is 112 cm³/mol. The van der Waals surface area contributed by atoms with E-state index in [1.807, 2.05) is 42.5 Å². The van der Waals surface area contributed by atoms with Gasteiger partial charge in [-0.25, -0.2) is 4.98 Å². The third-order valence-electron chi connectivity index (χ3n) is 4.52. The highest BCUT2D eigenvalue weighted by molar-refractivity contribution is 6.04. The summed E-state index contributed by atoms with van der Waals surface area (Å²) in [5.41, 5.74) is 4.55. The van der Waals surface area contributed by atoms with Crippen LogP contribution in [0.1, 0.15) is 21.5 Å². The molecule has 1 amide bonds. The fourth-order valence-electron chi connectivity index (χ4n) is 3.10. The smallest absolute Gasteiger partial charge is 0.255 e. The fraction of sp³-hybridized carbons (Fsp3) is 0.0870. The number of nitrogens with one attached hydrogen (secondary N) is 2. The van der Waals surface area contributed by atoms with Crippen molar-refractivity contribution in [1.29, 1.82) is 0 Å². The Bertz CT molecular complexity index is 1130. The summed E-state index contributed by atoms with van der Waals surface area (Å²) in [6.07, 6.45) is 3.21. The van der Waals surface area contributed by atoms with Gasteiger partial charge in [-0.05, 0) is 54.4 Å². The number of rotatable bonds is 5. The van der Waals surface area contributed by atoms with Gasteiger partial charge >= 0.3 is 0 Å². The summed E-state index contributed by atoms with van der Waals surface area (Å²) in [4.78, 5) is 20.9. The first-order valence-electron chi connectivity index (χ1n) is 9.09. The molecule has 4 rings (SSSR count). The van der Waals surface area contributed by atoms with E-state index in [2.05, 4.69) is 39.7 Å². The third-order valence-corrected chi connectivity index (χ3v) is 4.52. The summed E-state index contributed by atoms with van der Waals surface area (Å²) in [6, 6.07) is 21.3. The number of aromatic nitrogens is 2. The van der Waals surface area contributed by atoms with Gasteiger partial charge in [0.25, 0.3) is 5.91 Å². The van der Waals surface area contributed by atoms with Crippen LogP contribution in [0, 0.1) is 6.92 Å². The molecule has 2 aromatic carbocycles. The van der Waals surface area contributed by atoms with Gasteiger partial charge in [0.2, 0.25) is 0 Å². The van der Waals surface area contributed by atoms with E-state index in [0.717, 1.165) is 28.0 Å². The minimum absolute atomic E-state index is 0.153. The van der Waals surface area contributed by atoms with Crippen LogP contribution in [-0.2, 0) is 6.54 Å². The molecule has 28 heavy (non-hydrogen) atoms. The van der Waals surface area contributed by atoms with Gasteiger partial charge in [0.15, 0.2) is 0 Å². The number of amides is 1. The third kappa shape index (κ3) is 3.99. The minimum atomic E-state index is -0.153. The standard InChI is InChI=1S/C23H20N4O/c1-16-13-22(27-21-8-3-2-7-20(16)21)25-15-17-5-4-6-19(14-17)26-23(28)18-9-11-24-12-10-18/h2-14H,15H2,1H3,(H,25,27)(H,26,28). The average molecular weight is 368 g/mol. The van der Waals surface area contributed by atoms with Gasteiger partial charge in [0.05, 0.1) is 5.52 Å². The van der Waals surface area contributed by atoms with Gasteiger partial charge in [0.1, 0.15) is 5.82 Å². The van der Waals surface area contributed by atoms with Gasteiger partial charge in [-0.15, -0.1) is 0 Å². The number of para-hydroxylation sites is 1. The topological polar surface area (TPSA) is 66.9 Å². The lowest BCUT2D eigenvalue weighted by molar-refractivity contribution is 0.102. The molecular weight excluding hydrogens is 348 g/mol. The summed E-state index contributed by atoms with van der Waals surface area (Å²) in [6.45, 7) is 2.70. The Balaban J connectivity index is 1.46. The van der Waals surface area contributed by atoms with Crippen LogP contribution >= 0.6 is 0 Å². The summed E-state index contributed by atoms with van der Waals surface area (Å²) in [5, 5.41) is 7.46. The van der Waals surface area contributed by atoms with Gasteiger partial charge < -0.3 is 10.6 Å². The maximum absolute atomic E-state index is 12.3. The van der Waals surface area contributed by atoms with Gasteiger partial charge in [-0.2, -0.15) is 0 Å². The second-order valence-electron chi connectivity index (χ2n) is 6.59. The largest absolute Gasteiger partial charge is 0.366 e. The van der Waals surface area contributed by atoms with Crippen molar-refractivity contribution >= 4 is 28.3 Å². The highest BCUT2D eigenvalue weighted by Crippen LogP contribution is 2.20. The molecule has 0 aliphatic rings. The molecule has 2 aromatic heterocycles. The Kier molecular flexibility index (Phi) is 4.97. The van der Waals surface area contributed by atoms with Crippen LogP contribution in [0.4, 0.5) is 11.5 Å². The maximum Gasteiger partial charge on any atom is 0.255 e. The van der Waals surface area contributed by atoms with E-state index >= 15 is 0 Å². The number of pyridine rings is 2. The number of nitrogens with zero attached hydrogens (tertiary/aromatic N) is 2. The molecule has 0 saturated carbocycles. The van der Waals surface area contributed by atoms with Crippen molar-refractivity contribution in [2.45, 2.75) is 13.5 Å². The van der Waals surface area contributed by atoms with E-state index in [1.165, 1.54) is 5.56 Å². The van der Waals surface area contributed by atoms with Crippen LogP contribution in [0.3, 0.4) is 0 Å². The van der Waals surface area contributed by atoms with E-state index < -0.39 is 0 Å². The number of carbonyl (C=O) groups is 1. The zero-order chi connectivity index (χ0) is 19.3. The van der Waals surface area contributed by atoms with Gasteiger partial charge in [-0.1, -0.05) is 30.3 Å². The monoisotopic (exact) mass is 368 g/mol. The van der Waals surface area contributed by atoms with Crippen molar-refractivity contribution in [3.8, 4) is 0 Å². The van der Waals surface area contributed by atoms with Crippen molar-refractivity contribution in [2.75, 3.05) is 10.6 Å². The molecule has 0 aliphatic carbocycles. The minimum Gasteiger partial charge on any atom is -0.366 e. The lowest BCUT2D eigenvalue weighted by atomic mass is 10.1. The summed E-state index contributed by atoms with van der Waals surface area (Å²) in [7, 11) is 0. The van der Waals surface area contributed by atoms with E-state index in [-0.39, 0.29) is 5.91 Å². The van der Waals surface area contributed by atoms with E-state index in [0.29, 0.717) is 12.1 Å². The fourth-order valence-corrected chi connectivity index (χ4v) is 3.10. The quantitative estimate of drug-likeness (QED) is 0.531. The zero-order valence-corrected chi connectivity index (χ0v) is 15.5. The Hall–Kier alpha value is -3.73. The molecule has 5 nitrogen and oxygen atoms in total. The van der Waals surface area contributed by atoms with Gasteiger partial charge in [0, 0.05) is 35.6 Å². The van der Waals surface area contributed by atoms with Crippen LogP contribution in [0.25, 0.3) is 10.9 Å². The lowest BCUT2D eigenvalue weighted by Crippen LogP contribution is -2.12. The van der Waals surface area contributed by atoms with Crippen molar-refractivity contribution in [1.82, 2.24) is 9.97 Å². The average Bonchev–Trinajstić information content (AvgIpc) is 2.73. The van der Waals surface area contributed by atoms with Crippen LogP contribution in [0.15, 0.2) is 79.1 Å². The number of fused-ring (bicyclic) bond motifs is 1. The number of benzene rings is 2. The molecular formula is C23H20N4O. The highest BCUT2D eigenvalue weighted by atomic mass is 16.1. The maximum atomic E-state index is 12.3. The molecule has 0 fully saturated rings.